The van der Waals surface area contributed by atoms with Crippen LogP contribution in [0.3, 0.4) is 0 Å². The number of alkyl halides is 3. The van der Waals surface area contributed by atoms with Crippen molar-refractivity contribution in [3.63, 3.8) is 0 Å². The minimum absolute atomic E-state index is 0.254. The van der Waals surface area contributed by atoms with Gasteiger partial charge in [0.05, 0.1) is 0 Å². The lowest BCUT2D eigenvalue weighted by atomic mass is 9.66. The Hall–Kier alpha value is -0.250. The third-order valence-corrected chi connectivity index (χ3v) is 4.89. The lowest BCUT2D eigenvalue weighted by Gasteiger charge is -2.46. The average Bonchev–Trinajstić information content (AvgIpc) is 2.70. The molecule has 4 heteroatoms. The summed E-state index contributed by atoms with van der Waals surface area (Å²) in [4.78, 5) is 0. The first-order valence-electron chi connectivity index (χ1n) is 6.75. The molecule has 1 spiro atoms. The molecule has 2 aliphatic rings. The summed E-state index contributed by atoms with van der Waals surface area (Å²) in [5.41, 5.74) is -1.35. The second kappa shape index (κ2) is 4.45. The molecule has 0 bridgehead atoms. The first kappa shape index (κ1) is 13.2. The van der Waals surface area contributed by atoms with E-state index in [1.807, 2.05) is 0 Å². The molecule has 0 aromatic rings. The molecular formula is C13H22F3N. The molecule has 2 aliphatic carbocycles. The van der Waals surface area contributed by atoms with Crippen LogP contribution in [0.2, 0.25) is 0 Å². The maximum absolute atomic E-state index is 13.2. The number of hydrogen-bond donors (Lipinski definition) is 1. The Morgan fingerprint density at radius 2 is 1.47 bits per heavy atom. The molecule has 0 aliphatic heterocycles. The van der Waals surface area contributed by atoms with Gasteiger partial charge in [-0.15, -0.1) is 0 Å². The second-order valence-corrected chi connectivity index (χ2v) is 5.82. The van der Waals surface area contributed by atoms with Crippen molar-refractivity contribution in [3.8, 4) is 0 Å². The number of nitrogens with one attached hydrogen (secondary N) is 1. The highest BCUT2D eigenvalue weighted by atomic mass is 19.4. The summed E-state index contributed by atoms with van der Waals surface area (Å²) in [5.74, 6) is 0. The van der Waals surface area contributed by atoms with E-state index in [1.54, 1.807) is 6.92 Å². The van der Waals surface area contributed by atoms with Crippen molar-refractivity contribution in [1.82, 2.24) is 5.32 Å². The number of halogens is 3. The lowest BCUT2D eigenvalue weighted by molar-refractivity contribution is -0.211. The van der Waals surface area contributed by atoms with Crippen molar-refractivity contribution in [2.45, 2.75) is 70.0 Å². The predicted molar refractivity (Wildman–Crippen MR) is 61.8 cm³/mol. The molecule has 0 radical (unpaired) electrons. The summed E-state index contributed by atoms with van der Waals surface area (Å²) in [6.45, 7) is 2.15. The molecule has 17 heavy (non-hydrogen) atoms. The van der Waals surface area contributed by atoms with Crippen LogP contribution < -0.4 is 5.32 Å². The van der Waals surface area contributed by atoms with E-state index in [9.17, 15) is 13.2 Å². The standard InChI is InChI=1S/C13H22F3N/c1-2-17-12(13(14,15)16)9-7-11(8-10-12)5-3-4-6-11/h17H,2-10H2,1H3. The molecular weight excluding hydrogens is 227 g/mol. The summed E-state index contributed by atoms with van der Waals surface area (Å²) in [6, 6.07) is 0. The van der Waals surface area contributed by atoms with Gasteiger partial charge in [0.2, 0.25) is 0 Å². The Bertz CT molecular complexity index is 256. The van der Waals surface area contributed by atoms with Gasteiger partial charge in [-0.25, -0.2) is 0 Å². The van der Waals surface area contributed by atoms with Crippen LogP contribution in [0.15, 0.2) is 0 Å². The fourth-order valence-corrected chi connectivity index (χ4v) is 3.73. The van der Waals surface area contributed by atoms with Gasteiger partial charge in [-0.1, -0.05) is 19.8 Å². The third kappa shape index (κ3) is 2.33. The molecule has 0 saturated heterocycles. The molecule has 2 fully saturated rings. The van der Waals surface area contributed by atoms with E-state index >= 15 is 0 Å². The molecule has 1 N–H and O–H groups in total. The minimum atomic E-state index is -4.11. The topological polar surface area (TPSA) is 12.0 Å². The third-order valence-electron chi connectivity index (χ3n) is 4.89. The molecule has 0 aromatic carbocycles. The van der Waals surface area contributed by atoms with E-state index in [4.69, 9.17) is 0 Å². The van der Waals surface area contributed by atoms with E-state index in [-0.39, 0.29) is 18.3 Å². The van der Waals surface area contributed by atoms with Gasteiger partial charge < -0.3 is 5.32 Å². The van der Waals surface area contributed by atoms with Crippen LogP contribution in [0.5, 0.6) is 0 Å². The number of hydrogen-bond acceptors (Lipinski definition) is 1. The molecule has 0 unspecified atom stereocenters. The smallest absolute Gasteiger partial charge is 0.304 e. The van der Waals surface area contributed by atoms with Crippen LogP contribution in [0.1, 0.15) is 58.3 Å². The zero-order chi connectivity index (χ0) is 12.6. The van der Waals surface area contributed by atoms with Gasteiger partial charge >= 0.3 is 6.18 Å². The van der Waals surface area contributed by atoms with Crippen molar-refractivity contribution in [3.05, 3.63) is 0 Å². The highest BCUT2D eigenvalue weighted by Crippen LogP contribution is 2.54. The lowest BCUT2D eigenvalue weighted by Crippen LogP contribution is -2.59. The normalized spacial score (nSPS) is 27.5. The van der Waals surface area contributed by atoms with Gasteiger partial charge in [0.25, 0.3) is 0 Å². The maximum atomic E-state index is 13.2. The Labute approximate surface area is 101 Å². The average molecular weight is 249 g/mol. The van der Waals surface area contributed by atoms with Crippen molar-refractivity contribution < 1.29 is 13.2 Å². The van der Waals surface area contributed by atoms with E-state index < -0.39 is 11.7 Å². The van der Waals surface area contributed by atoms with Crippen molar-refractivity contribution in [2.75, 3.05) is 6.54 Å². The van der Waals surface area contributed by atoms with Crippen LogP contribution in [-0.4, -0.2) is 18.3 Å². The fourth-order valence-electron chi connectivity index (χ4n) is 3.73. The highest BCUT2D eigenvalue weighted by Gasteiger charge is 2.57. The highest BCUT2D eigenvalue weighted by molar-refractivity contribution is 5.03. The summed E-state index contributed by atoms with van der Waals surface area (Å²) in [7, 11) is 0. The van der Waals surface area contributed by atoms with Crippen molar-refractivity contribution in [1.29, 1.82) is 0 Å². The summed E-state index contributed by atoms with van der Waals surface area (Å²) in [6.07, 6.45) is 2.64. The van der Waals surface area contributed by atoms with Crippen molar-refractivity contribution in [2.24, 2.45) is 5.41 Å². The summed E-state index contributed by atoms with van der Waals surface area (Å²) in [5, 5.41) is 2.72. The Morgan fingerprint density at radius 1 is 0.941 bits per heavy atom. The van der Waals surface area contributed by atoms with Crippen LogP contribution in [-0.2, 0) is 0 Å². The molecule has 0 aromatic heterocycles. The van der Waals surface area contributed by atoms with E-state index in [1.165, 1.54) is 12.8 Å². The fraction of sp³-hybridized carbons (Fsp3) is 1.00. The van der Waals surface area contributed by atoms with Gasteiger partial charge in [0.15, 0.2) is 0 Å². The minimum Gasteiger partial charge on any atom is -0.304 e. The van der Waals surface area contributed by atoms with E-state index in [2.05, 4.69) is 5.32 Å². The predicted octanol–water partition coefficient (Wildman–Crippen LogP) is 4.03. The van der Waals surface area contributed by atoms with Crippen LogP contribution in [0.25, 0.3) is 0 Å². The largest absolute Gasteiger partial charge is 0.406 e. The second-order valence-electron chi connectivity index (χ2n) is 5.82. The molecule has 0 atom stereocenters. The first-order valence-corrected chi connectivity index (χ1v) is 6.75. The van der Waals surface area contributed by atoms with Crippen LogP contribution in [0.4, 0.5) is 13.2 Å². The molecule has 0 heterocycles. The molecule has 1 nitrogen and oxygen atoms in total. The zero-order valence-corrected chi connectivity index (χ0v) is 10.5. The van der Waals surface area contributed by atoms with Crippen LogP contribution in [0, 0.1) is 5.41 Å². The molecule has 100 valence electrons. The van der Waals surface area contributed by atoms with Gasteiger partial charge in [-0.3, -0.25) is 0 Å². The van der Waals surface area contributed by atoms with E-state index in [0.717, 1.165) is 25.7 Å². The monoisotopic (exact) mass is 249 g/mol. The molecule has 2 rings (SSSR count). The maximum Gasteiger partial charge on any atom is 0.406 e. The molecule has 2 saturated carbocycles. The summed E-state index contributed by atoms with van der Waals surface area (Å²) >= 11 is 0. The van der Waals surface area contributed by atoms with Crippen LogP contribution >= 0.6 is 0 Å². The summed E-state index contributed by atoms with van der Waals surface area (Å²) < 4.78 is 39.6. The SMILES string of the molecule is CCNC1(C(F)(F)F)CCC2(CCCC2)CC1. The van der Waals surface area contributed by atoms with E-state index in [0.29, 0.717) is 6.54 Å². The zero-order valence-electron chi connectivity index (χ0n) is 10.5. The van der Waals surface area contributed by atoms with Crippen molar-refractivity contribution >= 4 is 0 Å². The van der Waals surface area contributed by atoms with Gasteiger partial charge in [-0.05, 0) is 50.5 Å². The molecule has 0 amide bonds. The Balaban J connectivity index is 2.07. The quantitative estimate of drug-likeness (QED) is 0.779. The first-order chi connectivity index (χ1) is 7.93. The van der Waals surface area contributed by atoms with Gasteiger partial charge in [0, 0.05) is 0 Å². The Kier molecular flexibility index (Phi) is 3.45. The van der Waals surface area contributed by atoms with Gasteiger partial charge in [-0.2, -0.15) is 13.2 Å². The van der Waals surface area contributed by atoms with Gasteiger partial charge in [0.1, 0.15) is 5.54 Å². The Morgan fingerprint density at radius 3 is 1.88 bits per heavy atom. The number of rotatable bonds is 2.